The Bertz CT molecular complexity index is 596. The van der Waals surface area contributed by atoms with Crippen LogP contribution in [0.25, 0.3) is 0 Å². The van der Waals surface area contributed by atoms with E-state index in [1.807, 2.05) is 0 Å². The predicted molar refractivity (Wildman–Crippen MR) is 79.5 cm³/mol. The van der Waals surface area contributed by atoms with E-state index in [2.05, 4.69) is 5.32 Å². The van der Waals surface area contributed by atoms with E-state index < -0.39 is 21.6 Å². The molecule has 0 aliphatic carbocycles. The summed E-state index contributed by atoms with van der Waals surface area (Å²) in [6.45, 7) is 0.547. The van der Waals surface area contributed by atoms with Gasteiger partial charge in [-0.3, -0.25) is 0 Å². The minimum atomic E-state index is -4.36. The molecule has 0 saturated carbocycles. The highest BCUT2D eigenvalue weighted by molar-refractivity contribution is 7.91. The number of nitrogens with one attached hydrogen (secondary N) is 1. The van der Waals surface area contributed by atoms with E-state index in [9.17, 15) is 21.6 Å². The van der Waals surface area contributed by atoms with Gasteiger partial charge in [-0.15, -0.1) is 0 Å². The highest BCUT2D eigenvalue weighted by Gasteiger charge is 2.33. The van der Waals surface area contributed by atoms with Crippen LogP contribution < -0.4 is 5.32 Å². The molecule has 1 fully saturated rings. The minimum absolute atomic E-state index is 0.0528. The fourth-order valence-corrected chi connectivity index (χ4v) is 4.90. The van der Waals surface area contributed by atoms with Crippen LogP contribution >= 0.6 is 0 Å². The monoisotopic (exact) mass is 335 g/mol. The molecule has 0 radical (unpaired) electrons. The SMILES string of the molecule is CNCC(c1ccc(C(F)(F)F)cc1)C1CCCS(=O)(=O)C1. The zero-order valence-electron chi connectivity index (χ0n) is 12.4. The van der Waals surface area contributed by atoms with Gasteiger partial charge < -0.3 is 5.32 Å². The maximum atomic E-state index is 12.6. The number of hydrogen-bond donors (Lipinski definition) is 1. The van der Waals surface area contributed by atoms with Crippen LogP contribution in [-0.2, 0) is 16.0 Å². The summed E-state index contributed by atoms with van der Waals surface area (Å²) in [4.78, 5) is 0. The van der Waals surface area contributed by atoms with Crippen LogP contribution in [0.1, 0.15) is 29.9 Å². The molecule has 3 nitrogen and oxygen atoms in total. The molecule has 7 heteroatoms. The molecule has 2 unspecified atom stereocenters. The average Bonchev–Trinajstić information content (AvgIpc) is 2.43. The van der Waals surface area contributed by atoms with Gasteiger partial charge in [-0.05, 0) is 43.5 Å². The van der Waals surface area contributed by atoms with Gasteiger partial charge in [-0.2, -0.15) is 13.2 Å². The van der Waals surface area contributed by atoms with Gasteiger partial charge in [-0.25, -0.2) is 8.42 Å². The summed E-state index contributed by atoms with van der Waals surface area (Å²) in [5.74, 6) is 0.175. The molecule has 1 aromatic carbocycles. The lowest BCUT2D eigenvalue weighted by Gasteiger charge is -2.30. The summed E-state index contributed by atoms with van der Waals surface area (Å²) in [5, 5.41) is 3.02. The lowest BCUT2D eigenvalue weighted by atomic mass is 9.83. The largest absolute Gasteiger partial charge is 0.416 e. The van der Waals surface area contributed by atoms with Crippen LogP contribution in [0.15, 0.2) is 24.3 Å². The van der Waals surface area contributed by atoms with Crippen molar-refractivity contribution in [3.8, 4) is 0 Å². The summed E-state index contributed by atoms with van der Waals surface area (Å²) in [5.41, 5.74) is 0.0696. The predicted octanol–water partition coefficient (Wildman–Crippen LogP) is 2.83. The second-order valence-electron chi connectivity index (χ2n) is 5.80. The van der Waals surface area contributed by atoms with E-state index in [-0.39, 0.29) is 23.3 Å². The van der Waals surface area contributed by atoms with Crippen LogP contribution in [-0.4, -0.2) is 33.5 Å². The standard InChI is InChI=1S/C15H20F3NO2S/c1-19-9-14(12-3-2-8-22(20,21)10-12)11-4-6-13(7-5-11)15(16,17)18/h4-7,12,14,19H,2-3,8-10H2,1H3. The van der Waals surface area contributed by atoms with Crippen molar-refractivity contribution in [2.75, 3.05) is 25.1 Å². The molecular weight excluding hydrogens is 315 g/mol. The molecule has 2 rings (SSSR count). The third-order valence-electron chi connectivity index (χ3n) is 4.16. The zero-order valence-corrected chi connectivity index (χ0v) is 13.2. The van der Waals surface area contributed by atoms with E-state index >= 15 is 0 Å². The third-order valence-corrected chi connectivity index (χ3v) is 6.00. The highest BCUT2D eigenvalue weighted by Crippen LogP contribution is 2.35. The van der Waals surface area contributed by atoms with Gasteiger partial charge in [0.1, 0.15) is 0 Å². The number of benzene rings is 1. The first-order valence-corrected chi connectivity index (χ1v) is 9.07. The second kappa shape index (κ2) is 6.58. The average molecular weight is 335 g/mol. The van der Waals surface area contributed by atoms with Crippen molar-refractivity contribution in [2.24, 2.45) is 5.92 Å². The fraction of sp³-hybridized carbons (Fsp3) is 0.600. The molecule has 1 heterocycles. The highest BCUT2D eigenvalue weighted by atomic mass is 32.2. The van der Waals surface area contributed by atoms with Crippen LogP contribution in [0.2, 0.25) is 0 Å². The van der Waals surface area contributed by atoms with Crippen molar-refractivity contribution in [1.29, 1.82) is 0 Å². The van der Waals surface area contributed by atoms with Crippen molar-refractivity contribution in [3.05, 3.63) is 35.4 Å². The molecule has 22 heavy (non-hydrogen) atoms. The number of halogens is 3. The molecule has 1 saturated heterocycles. The lowest BCUT2D eigenvalue weighted by molar-refractivity contribution is -0.137. The minimum Gasteiger partial charge on any atom is -0.319 e. The molecule has 0 amide bonds. The topological polar surface area (TPSA) is 46.2 Å². The first-order chi connectivity index (χ1) is 10.2. The van der Waals surface area contributed by atoms with Gasteiger partial charge in [0.25, 0.3) is 0 Å². The third kappa shape index (κ3) is 4.23. The molecule has 1 aliphatic rings. The molecule has 1 aromatic rings. The molecule has 0 aromatic heterocycles. The Kier molecular flexibility index (Phi) is 5.17. The second-order valence-corrected chi connectivity index (χ2v) is 8.03. The van der Waals surface area contributed by atoms with Gasteiger partial charge >= 0.3 is 6.18 Å². The Morgan fingerprint density at radius 3 is 2.41 bits per heavy atom. The van der Waals surface area contributed by atoms with E-state index in [1.54, 1.807) is 7.05 Å². The lowest BCUT2D eigenvalue weighted by Crippen LogP contribution is -2.33. The summed E-state index contributed by atoms with van der Waals surface area (Å²) in [7, 11) is -1.28. The van der Waals surface area contributed by atoms with Gasteiger partial charge in [0.05, 0.1) is 17.1 Å². The molecule has 2 atom stereocenters. The van der Waals surface area contributed by atoms with E-state index in [4.69, 9.17) is 0 Å². The van der Waals surface area contributed by atoms with Gasteiger partial charge in [0.2, 0.25) is 0 Å². The Balaban J connectivity index is 2.24. The molecule has 0 spiro atoms. The van der Waals surface area contributed by atoms with E-state index in [0.29, 0.717) is 13.0 Å². The first kappa shape index (κ1) is 17.3. The first-order valence-electron chi connectivity index (χ1n) is 7.25. The van der Waals surface area contributed by atoms with Crippen LogP contribution in [0.5, 0.6) is 0 Å². The molecule has 0 bridgehead atoms. The number of hydrogen-bond acceptors (Lipinski definition) is 3. The van der Waals surface area contributed by atoms with Gasteiger partial charge in [-0.1, -0.05) is 12.1 Å². The molecular formula is C15H20F3NO2S. The van der Waals surface area contributed by atoms with Crippen LogP contribution in [0.4, 0.5) is 13.2 Å². The summed E-state index contributed by atoms with van der Waals surface area (Å²) in [6, 6.07) is 5.06. The summed E-state index contributed by atoms with van der Waals surface area (Å²) in [6.07, 6.45) is -2.95. The van der Waals surface area contributed by atoms with Crippen molar-refractivity contribution >= 4 is 9.84 Å². The quantitative estimate of drug-likeness (QED) is 0.920. The number of alkyl halides is 3. The Hall–Kier alpha value is -1.08. The van der Waals surface area contributed by atoms with Crippen molar-refractivity contribution in [1.82, 2.24) is 5.32 Å². The Morgan fingerprint density at radius 1 is 1.27 bits per heavy atom. The van der Waals surface area contributed by atoms with Crippen molar-refractivity contribution in [3.63, 3.8) is 0 Å². The maximum Gasteiger partial charge on any atom is 0.416 e. The van der Waals surface area contributed by atoms with Crippen molar-refractivity contribution in [2.45, 2.75) is 24.9 Å². The zero-order chi connectivity index (χ0) is 16.4. The number of rotatable bonds is 4. The smallest absolute Gasteiger partial charge is 0.319 e. The molecule has 124 valence electrons. The summed E-state index contributed by atoms with van der Waals surface area (Å²) < 4.78 is 61.5. The molecule has 1 N–H and O–H groups in total. The molecule has 1 aliphatic heterocycles. The summed E-state index contributed by atoms with van der Waals surface area (Å²) >= 11 is 0. The van der Waals surface area contributed by atoms with Crippen molar-refractivity contribution < 1.29 is 21.6 Å². The van der Waals surface area contributed by atoms with Gasteiger partial charge in [0.15, 0.2) is 9.84 Å². The van der Waals surface area contributed by atoms with Gasteiger partial charge in [0, 0.05) is 12.5 Å². The number of sulfone groups is 1. The van der Waals surface area contributed by atoms with Crippen LogP contribution in [0, 0.1) is 5.92 Å². The normalized spacial score (nSPS) is 23.2. The fourth-order valence-electron chi connectivity index (χ4n) is 3.07. The number of likely N-dealkylation sites (N-methyl/N-ethyl adjacent to an activating group) is 1. The van der Waals surface area contributed by atoms with E-state index in [0.717, 1.165) is 24.1 Å². The van der Waals surface area contributed by atoms with E-state index in [1.165, 1.54) is 12.1 Å². The Morgan fingerprint density at radius 2 is 1.91 bits per heavy atom. The Labute approximate surface area is 128 Å². The van der Waals surface area contributed by atoms with Crippen LogP contribution in [0.3, 0.4) is 0 Å². The maximum absolute atomic E-state index is 12.6.